The van der Waals surface area contributed by atoms with Crippen LogP contribution in [-0.2, 0) is 6.54 Å². The number of aromatic nitrogens is 3. The van der Waals surface area contributed by atoms with Gasteiger partial charge in [0.25, 0.3) is 0 Å². The Morgan fingerprint density at radius 3 is 2.86 bits per heavy atom. The number of unbranched alkanes of at least 4 members (excludes halogenated alkanes) is 1. The lowest BCUT2D eigenvalue weighted by atomic mass is 10.0. The van der Waals surface area contributed by atoms with Gasteiger partial charge in [0, 0.05) is 24.0 Å². The molecule has 0 aliphatic carbocycles. The first-order chi connectivity index (χ1) is 17.1. The van der Waals surface area contributed by atoms with Crippen molar-refractivity contribution < 1.29 is 0 Å². The molecule has 1 N–H and O–H groups in total. The molecule has 0 amide bonds. The summed E-state index contributed by atoms with van der Waals surface area (Å²) in [5, 5.41) is 13.5. The van der Waals surface area contributed by atoms with Gasteiger partial charge in [-0.25, -0.2) is 9.97 Å². The molecule has 0 unspecified atom stereocenters. The van der Waals surface area contributed by atoms with Crippen LogP contribution in [0.25, 0.3) is 10.9 Å². The average molecular weight is 465 g/mol. The maximum absolute atomic E-state index is 9.09. The van der Waals surface area contributed by atoms with Gasteiger partial charge in [0.05, 0.1) is 29.4 Å². The van der Waals surface area contributed by atoms with Crippen LogP contribution in [0.15, 0.2) is 72.1 Å². The van der Waals surface area contributed by atoms with E-state index in [2.05, 4.69) is 71.3 Å². The predicted octanol–water partition coefficient (Wildman–Crippen LogP) is 6.26. The molecule has 0 fully saturated rings. The number of nitrogens with one attached hydrogen (secondary N) is 1. The second kappa shape index (κ2) is 11.4. The van der Waals surface area contributed by atoms with Crippen molar-refractivity contribution in [1.82, 2.24) is 15.0 Å². The predicted molar refractivity (Wildman–Crippen MR) is 143 cm³/mol. The fourth-order valence-corrected chi connectivity index (χ4v) is 4.22. The van der Waals surface area contributed by atoms with Gasteiger partial charge in [0.2, 0.25) is 0 Å². The van der Waals surface area contributed by atoms with Gasteiger partial charge in [-0.2, -0.15) is 5.26 Å². The van der Waals surface area contributed by atoms with E-state index in [0.717, 1.165) is 59.7 Å². The summed E-state index contributed by atoms with van der Waals surface area (Å²) in [5.41, 5.74) is 6.27. The van der Waals surface area contributed by atoms with Crippen LogP contribution in [-0.4, -0.2) is 28.0 Å². The zero-order chi connectivity index (χ0) is 24.6. The Hall–Kier alpha value is -3.98. The van der Waals surface area contributed by atoms with E-state index in [1.165, 1.54) is 17.6 Å². The lowest BCUT2D eigenvalue weighted by molar-refractivity contribution is 0.752. The third-order valence-electron chi connectivity index (χ3n) is 6.34. The number of fused-ring (bicyclic) bond motifs is 1. The molecule has 35 heavy (non-hydrogen) atoms. The van der Waals surface area contributed by atoms with Crippen LogP contribution in [0.4, 0.5) is 11.6 Å². The van der Waals surface area contributed by atoms with E-state index in [1.54, 1.807) is 12.4 Å². The second-order valence-electron chi connectivity index (χ2n) is 8.90. The number of allylic oxidation sites excluding steroid dienone is 3. The van der Waals surface area contributed by atoms with E-state index in [1.807, 2.05) is 24.3 Å². The summed E-state index contributed by atoms with van der Waals surface area (Å²) >= 11 is 0. The molecule has 3 aromatic rings. The SMILES string of the molecule is CCC/C=C/C=C\C1=C(C)CCN(c2ncnc(NCc3ccc4cc(C#N)ccc4n3)c2C)C1. The number of hydrogen-bond donors (Lipinski definition) is 1. The van der Waals surface area contributed by atoms with Crippen molar-refractivity contribution in [2.45, 2.75) is 46.6 Å². The Morgan fingerprint density at radius 1 is 1.14 bits per heavy atom. The summed E-state index contributed by atoms with van der Waals surface area (Å²) in [6.07, 6.45) is 13.7. The van der Waals surface area contributed by atoms with E-state index in [-0.39, 0.29) is 0 Å². The van der Waals surface area contributed by atoms with E-state index in [4.69, 9.17) is 10.2 Å². The number of nitrogens with zero attached hydrogens (tertiary/aromatic N) is 5. The number of pyridine rings is 1. The normalized spacial score (nSPS) is 14.3. The fraction of sp³-hybridized carbons (Fsp3) is 0.310. The number of rotatable bonds is 8. The van der Waals surface area contributed by atoms with Crippen molar-refractivity contribution in [2.75, 3.05) is 23.3 Å². The van der Waals surface area contributed by atoms with Gasteiger partial charge in [-0.05, 0) is 56.5 Å². The highest BCUT2D eigenvalue weighted by Gasteiger charge is 2.19. The van der Waals surface area contributed by atoms with Crippen molar-refractivity contribution in [3.8, 4) is 6.07 Å². The van der Waals surface area contributed by atoms with Crippen molar-refractivity contribution in [2.24, 2.45) is 0 Å². The largest absolute Gasteiger partial charge is 0.364 e. The van der Waals surface area contributed by atoms with E-state index in [0.29, 0.717) is 12.1 Å². The van der Waals surface area contributed by atoms with Gasteiger partial charge in [-0.3, -0.25) is 4.98 Å². The maximum atomic E-state index is 9.09. The Kier molecular flexibility index (Phi) is 7.89. The van der Waals surface area contributed by atoms with Gasteiger partial charge >= 0.3 is 0 Å². The maximum Gasteiger partial charge on any atom is 0.137 e. The van der Waals surface area contributed by atoms with Crippen LogP contribution in [0.1, 0.15) is 49.9 Å². The molecule has 6 nitrogen and oxygen atoms in total. The number of anilines is 2. The Bertz CT molecular complexity index is 1330. The minimum Gasteiger partial charge on any atom is -0.364 e. The number of benzene rings is 1. The number of hydrogen-bond acceptors (Lipinski definition) is 6. The van der Waals surface area contributed by atoms with Crippen LogP contribution >= 0.6 is 0 Å². The smallest absolute Gasteiger partial charge is 0.137 e. The molecular weight excluding hydrogens is 432 g/mol. The van der Waals surface area contributed by atoms with Crippen LogP contribution in [0.3, 0.4) is 0 Å². The monoisotopic (exact) mass is 464 g/mol. The molecule has 3 heterocycles. The van der Waals surface area contributed by atoms with Crippen LogP contribution < -0.4 is 10.2 Å². The molecule has 6 heteroatoms. The Morgan fingerprint density at radius 2 is 2.03 bits per heavy atom. The molecule has 0 saturated heterocycles. The third-order valence-corrected chi connectivity index (χ3v) is 6.34. The lowest BCUT2D eigenvalue weighted by Crippen LogP contribution is -2.32. The van der Waals surface area contributed by atoms with Gasteiger partial charge in [0.1, 0.15) is 18.0 Å². The topological polar surface area (TPSA) is 77.7 Å². The van der Waals surface area contributed by atoms with Crippen LogP contribution in [0.2, 0.25) is 0 Å². The molecular formula is C29H32N6. The highest BCUT2D eigenvalue weighted by atomic mass is 15.2. The first kappa shape index (κ1) is 24.2. The van der Waals surface area contributed by atoms with Gasteiger partial charge in [-0.15, -0.1) is 0 Å². The van der Waals surface area contributed by atoms with Crippen molar-refractivity contribution >= 4 is 22.5 Å². The third kappa shape index (κ3) is 5.93. The summed E-state index contributed by atoms with van der Waals surface area (Å²) in [6, 6.07) is 11.7. The zero-order valence-corrected chi connectivity index (χ0v) is 20.8. The van der Waals surface area contributed by atoms with Crippen LogP contribution in [0.5, 0.6) is 0 Å². The summed E-state index contributed by atoms with van der Waals surface area (Å²) in [6.45, 7) is 8.84. The van der Waals surface area contributed by atoms with Gasteiger partial charge in [0.15, 0.2) is 0 Å². The molecule has 178 valence electrons. The Balaban J connectivity index is 1.46. The quantitative estimate of drug-likeness (QED) is 0.397. The summed E-state index contributed by atoms with van der Waals surface area (Å²) in [5.74, 6) is 1.79. The molecule has 4 rings (SSSR count). The Labute approximate surface area is 207 Å². The minimum atomic E-state index is 0.560. The van der Waals surface area contributed by atoms with Crippen molar-refractivity contribution in [1.29, 1.82) is 5.26 Å². The molecule has 1 aliphatic heterocycles. The van der Waals surface area contributed by atoms with Crippen LogP contribution in [0, 0.1) is 18.3 Å². The van der Waals surface area contributed by atoms with E-state index >= 15 is 0 Å². The standard InChI is InChI=1S/C29H32N6/c1-4-5-6-7-8-9-25-19-35(15-14-21(25)2)29-22(3)28(32-20-33-29)31-18-26-12-11-24-16-23(17-30)10-13-27(24)34-26/h6-13,16,20H,4-5,14-15,18-19H2,1-3H3,(H,31,32,33)/b7-6+,9-8-. The zero-order valence-electron chi connectivity index (χ0n) is 20.8. The molecule has 0 saturated carbocycles. The molecule has 1 aliphatic rings. The summed E-state index contributed by atoms with van der Waals surface area (Å²) in [4.78, 5) is 16.2. The van der Waals surface area contributed by atoms with Gasteiger partial charge < -0.3 is 10.2 Å². The van der Waals surface area contributed by atoms with E-state index in [9.17, 15) is 0 Å². The second-order valence-corrected chi connectivity index (χ2v) is 8.90. The minimum absolute atomic E-state index is 0.560. The molecule has 0 radical (unpaired) electrons. The highest BCUT2D eigenvalue weighted by Crippen LogP contribution is 2.28. The average Bonchev–Trinajstić information content (AvgIpc) is 2.88. The molecule has 2 aromatic heterocycles. The summed E-state index contributed by atoms with van der Waals surface area (Å²) < 4.78 is 0. The van der Waals surface area contributed by atoms with Gasteiger partial charge in [-0.1, -0.05) is 49.3 Å². The molecule has 0 spiro atoms. The van der Waals surface area contributed by atoms with E-state index < -0.39 is 0 Å². The van der Waals surface area contributed by atoms with Crippen molar-refractivity contribution in [3.63, 3.8) is 0 Å². The lowest BCUT2D eigenvalue weighted by Gasteiger charge is -2.31. The van der Waals surface area contributed by atoms with Crippen molar-refractivity contribution in [3.05, 3.63) is 88.9 Å². The fourth-order valence-electron chi connectivity index (χ4n) is 4.22. The highest BCUT2D eigenvalue weighted by molar-refractivity contribution is 5.80. The number of nitriles is 1. The first-order valence-corrected chi connectivity index (χ1v) is 12.2. The molecule has 0 bridgehead atoms. The molecule has 0 atom stereocenters. The first-order valence-electron chi connectivity index (χ1n) is 12.2. The summed E-state index contributed by atoms with van der Waals surface area (Å²) in [7, 11) is 0. The molecule has 1 aromatic carbocycles.